The normalized spacial score (nSPS) is 52.5. The van der Waals surface area contributed by atoms with Crippen molar-refractivity contribution in [3.05, 3.63) is 0 Å². The molecular weight excluding hydrogens is 164 g/mol. The molecule has 0 spiro atoms. The molecule has 72 valence electrons. The fourth-order valence-corrected chi connectivity index (χ4v) is 4.36. The lowest BCUT2D eigenvalue weighted by Gasteiger charge is -2.57. The first-order chi connectivity index (χ1) is 6.18. The molecule has 0 unspecified atom stereocenters. The van der Waals surface area contributed by atoms with E-state index in [0.29, 0.717) is 17.8 Å². The lowest BCUT2D eigenvalue weighted by Crippen LogP contribution is -2.54. The summed E-state index contributed by atoms with van der Waals surface area (Å²) < 4.78 is 0. The quantitative estimate of drug-likeness (QED) is 0.601. The second-order valence-corrected chi connectivity index (χ2v) is 5.49. The molecule has 0 aromatic rings. The highest BCUT2D eigenvalue weighted by molar-refractivity contribution is 5.73. The summed E-state index contributed by atoms with van der Waals surface area (Å²) >= 11 is 0. The second-order valence-electron chi connectivity index (χ2n) is 5.49. The maximum absolute atomic E-state index is 11.1. The molecule has 4 aliphatic rings. The van der Waals surface area contributed by atoms with Gasteiger partial charge in [-0.1, -0.05) is 0 Å². The van der Waals surface area contributed by atoms with E-state index in [9.17, 15) is 9.90 Å². The van der Waals surface area contributed by atoms with E-state index in [4.69, 9.17) is 0 Å². The van der Waals surface area contributed by atoms with Crippen LogP contribution in [-0.4, -0.2) is 5.97 Å². The summed E-state index contributed by atoms with van der Waals surface area (Å²) in [7, 11) is 0. The summed E-state index contributed by atoms with van der Waals surface area (Å²) in [6.07, 6.45) is 6.65. The van der Waals surface area contributed by atoms with Crippen LogP contribution >= 0.6 is 0 Å². The van der Waals surface area contributed by atoms with Gasteiger partial charge in [-0.25, -0.2) is 0 Å². The SMILES string of the molecule is O=C([O-])C12CC3CC(CC(C3)C1)C2. The van der Waals surface area contributed by atoms with Gasteiger partial charge in [-0.15, -0.1) is 0 Å². The van der Waals surface area contributed by atoms with Gasteiger partial charge in [0.15, 0.2) is 0 Å². The molecule has 0 N–H and O–H groups in total. The van der Waals surface area contributed by atoms with Crippen LogP contribution in [0.4, 0.5) is 0 Å². The summed E-state index contributed by atoms with van der Waals surface area (Å²) in [4.78, 5) is 11.1. The van der Waals surface area contributed by atoms with Crippen LogP contribution in [0.3, 0.4) is 0 Å². The highest BCUT2D eigenvalue weighted by atomic mass is 16.4. The summed E-state index contributed by atoms with van der Waals surface area (Å²) in [5.41, 5.74) is -0.394. The largest absolute Gasteiger partial charge is 0.550 e. The Morgan fingerprint density at radius 2 is 1.38 bits per heavy atom. The fourth-order valence-electron chi connectivity index (χ4n) is 4.36. The number of carbonyl (C=O) groups excluding carboxylic acids is 1. The summed E-state index contributed by atoms with van der Waals surface area (Å²) in [6, 6.07) is 0. The summed E-state index contributed by atoms with van der Waals surface area (Å²) in [6.45, 7) is 0. The van der Waals surface area contributed by atoms with Crippen molar-refractivity contribution in [1.29, 1.82) is 0 Å². The van der Waals surface area contributed by atoms with Gasteiger partial charge in [-0.2, -0.15) is 0 Å². The predicted octanol–water partition coefficient (Wildman–Crippen LogP) is 0.953. The van der Waals surface area contributed by atoms with Gasteiger partial charge in [-0.05, 0) is 56.3 Å². The number of hydrogen-bond acceptors (Lipinski definition) is 2. The first-order valence-corrected chi connectivity index (χ1v) is 5.39. The number of hydrogen-bond donors (Lipinski definition) is 0. The number of rotatable bonds is 1. The van der Waals surface area contributed by atoms with Crippen LogP contribution in [0.25, 0.3) is 0 Å². The number of aliphatic carboxylic acids is 1. The van der Waals surface area contributed by atoms with Gasteiger partial charge in [0, 0.05) is 11.4 Å². The van der Waals surface area contributed by atoms with E-state index in [1.807, 2.05) is 0 Å². The lowest BCUT2D eigenvalue weighted by molar-refractivity contribution is -0.327. The number of carboxylic acid groups (broad SMARTS) is 1. The van der Waals surface area contributed by atoms with Crippen molar-refractivity contribution < 1.29 is 9.90 Å². The Kier molecular flexibility index (Phi) is 1.38. The van der Waals surface area contributed by atoms with Gasteiger partial charge >= 0.3 is 0 Å². The summed E-state index contributed by atoms with van der Waals surface area (Å²) in [5, 5.41) is 11.1. The van der Waals surface area contributed by atoms with E-state index >= 15 is 0 Å². The molecule has 4 bridgehead atoms. The van der Waals surface area contributed by atoms with E-state index in [1.54, 1.807) is 0 Å². The zero-order valence-electron chi connectivity index (χ0n) is 7.79. The minimum atomic E-state index is -0.758. The van der Waals surface area contributed by atoms with Crippen LogP contribution in [0.2, 0.25) is 0 Å². The Morgan fingerprint density at radius 3 is 1.69 bits per heavy atom. The third-order valence-electron chi connectivity index (χ3n) is 4.47. The molecular formula is C11H15O2-. The minimum Gasteiger partial charge on any atom is -0.550 e. The van der Waals surface area contributed by atoms with Gasteiger partial charge in [0.05, 0.1) is 0 Å². The molecule has 0 radical (unpaired) electrons. The van der Waals surface area contributed by atoms with Crippen molar-refractivity contribution in [3.63, 3.8) is 0 Å². The highest BCUT2D eigenvalue weighted by Gasteiger charge is 2.51. The minimum absolute atomic E-state index is 0.394. The molecule has 0 heterocycles. The van der Waals surface area contributed by atoms with Crippen LogP contribution < -0.4 is 5.11 Å². The Balaban J connectivity index is 1.95. The Morgan fingerprint density at radius 1 is 1.00 bits per heavy atom. The monoisotopic (exact) mass is 179 g/mol. The number of carboxylic acids is 1. The molecule has 13 heavy (non-hydrogen) atoms. The predicted molar refractivity (Wildman–Crippen MR) is 45.6 cm³/mol. The zero-order chi connectivity index (χ0) is 9.05. The topological polar surface area (TPSA) is 40.1 Å². The van der Waals surface area contributed by atoms with Crippen LogP contribution in [-0.2, 0) is 4.79 Å². The Hall–Kier alpha value is -0.530. The fraction of sp³-hybridized carbons (Fsp3) is 0.909. The maximum Gasteiger partial charge on any atom is 0.0476 e. The van der Waals surface area contributed by atoms with Crippen molar-refractivity contribution in [2.45, 2.75) is 38.5 Å². The molecule has 0 saturated heterocycles. The standard InChI is InChI=1S/C11H16O2/c12-10(13)11-4-7-1-8(5-11)3-9(2-7)6-11/h7-9H,1-6H2,(H,12,13)/p-1. The van der Waals surface area contributed by atoms with Crippen molar-refractivity contribution in [2.24, 2.45) is 23.2 Å². The zero-order valence-corrected chi connectivity index (χ0v) is 7.79. The van der Waals surface area contributed by atoms with Crippen LogP contribution in [0.1, 0.15) is 38.5 Å². The van der Waals surface area contributed by atoms with Gasteiger partial charge in [0.1, 0.15) is 0 Å². The van der Waals surface area contributed by atoms with Gasteiger partial charge in [0.25, 0.3) is 0 Å². The molecule has 4 saturated carbocycles. The van der Waals surface area contributed by atoms with Crippen LogP contribution in [0, 0.1) is 23.2 Å². The van der Waals surface area contributed by atoms with Gasteiger partial charge in [-0.3, -0.25) is 0 Å². The average molecular weight is 179 g/mol. The maximum atomic E-state index is 11.1. The molecule has 4 fully saturated rings. The molecule has 0 atom stereocenters. The van der Waals surface area contributed by atoms with E-state index in [2.05, 4.69) is 0 Å². The first-order valence-electron chi connectivity index (χ1n) is 5.39. The molecule has 0 aliphatic heterocycles. The van der Waals surface area contributed by atoms with Crippen molar-refractivity contribution >= 4 is 5.97 Å². The van der Waals surface area contributed by atoms with E-state index in [1.165, 1.54) is 19.3 Å². The van der Waals surface area contributed by atoms with E-state index in [0.717, 1.165) is 19.3 Å². The smallest absolute Gasteiger partial charge is 0.0476 e. The van der Waals surface area contributed by atoms with Crippen molar-refractivity contribution in [3.8, 4) is 0 Å². The van der Waals surface area contributed by atoms with E-state index in [-0.39, 0.29) is 0 Å². The van der Waals surface area contributed by atoms with Gasteiger partial charge < -0.3 is 9.90 Å². The molecule has 4 aliphatic carbocycles. The molecule has 4 rings (SSSR count). The molecule has 0 aromatic heterocycles. The molecule has 2 heteroatoms. The Labute approximate surface area is 78.3 Å². The van der Waals surface area contributed by atoms with Gasteiger partial charge in [0.2, 0.25) is 0 Å². The van der Waals surface area contributed by atoms with E-state index < -0.39 is 11.4 Å². The third-order valence-corrected chi connectivity index (χ3v) is 4.47. The molecule has 2 nitrogen and oxygen atoms in total. The average Bonchev–Trinajstić information content (AvgIpc) is 2.00. The number of carbonyl (C=O) groups is 1. The first kappa shape index (κ1) is 7.84. The highest BCUT2D eigenvalue weighted by Crippen LogP contribution is 2.59. The van der Waals surface area contributed by atoms with Crippen molar-refractivity contribution in [1.82, 2.24) is 0 Å². The second kappa shape index (κ2) is 2.28. The van der Waals surface area contributed by atoms with Crippen molar-refractivity contribution in [2.75, 3.05) is 0 Å². The summed E-state index contributed by atoms with van der Waals surface area (Å²) in [5.74, 6) is 1.38. The third kappa shape index (κ3) is 0.976. The van der Waals surface area contributed by atoms with Crippen LogP contribution in [0.5, 0.6) is 0 Å². The molecule has 0 aromatic carbocycles. The Bertz CT molecular complexity index is 222. The van der Waals surface area contributed by atoms with Crippen LogP contribution in [0.15, 0.2) is 0 Å². The lowest BCUT2D eigenvalue weighted by atomic mass is 9.49. The molecule has 0 amide bonds.